The van der Waals surface area contributed by atoms with Crippen molar-refractivity contribution in [3.8, 4) is 0 Å². The van der Waals surface area contributed by atoms with Crippen LogP contribution in [-0.4, -0.2) is 29.4 Å². The lowest BCUT2D eigenvalue weighted by molar-refractivity contribution is 0.239. The normalized spacial score (nSPS) is 9.93. The van der Waals surface area contributed by atoms with Crippen molar-refractivity contribution in [1.82, 2.24) is 10.6 Å². The Hall–Kier alpha value is -1.60. The standard InChI is InChI=1S/C7H12N4O3/c1-5-4-6(14-10-5)11(2-3-12)7(13)9-8/h4,12H,2-3,8H2,1H3,(H,9,13). The van der Waals surface area contributed by atoms with Crippen LogP contribution >= 0.6 is 0 Å². The van der Waals surface area contributed by atoms with Gasteiger partial charge in [0.15, 0.2) is 0 Å². The number of nitrogens with two attached hydrogens (primary N) is 1. The van der Waals surface area contributed by atoms with E-state index >= 15 is 0 Å². The van der Waals surface area contributed by atoms with Gasteiger partial charge in [0.05, 0.1) is 18.8 Å². The molecular weight excluding hydrogens is 188 g/mol. The molecule has 0 aliphatic rings. The minimum atomic E-state index is -0.560. The summed E-state index contributed by atoms with van der Waals surface area (Å²) in [6.45, 7) is 1.63. The average Bonchev–Trinajstić information content (AvgIpc) is 2.60. The van der Waals surface area contributed by atoms with E-state index in [1.807, 2.05) is 5.43 Å². The number of nitrogens with zero attached hydrogens (tertiary/aromatic N) is 2. The monoisotopic (exact) mass is 200 g/mol. The lowest BCUT2D eigenvalue weighted by Crippen LogP contribution is -2.44. The van der Waals surface area contributed by atoms with Gasteiger partial charge in [-0.05, 0) is 6.92 Å². The summed E-state index contributed by atoms with van der Waals surface area (Å²) in [5.74, 6) is 5.21. The van der Waals surface area contributed by atoms with Crippen LogP contribution in [0.1, 0.15) is 5.69 Å². The molecule has 0 unspecified atom stereocenters. The first-order valence-electron chi connectivity index (χ1n) is 4.01. The Labute approximate surface area is 80.4 Å². The number of hydrazine groups is 1. The molecule has 7 nitrogen and oxygen atoms in total. The van der Waals surface area contributed by atoms with Crippen molar-refractivity contribution in [2.75, 3.05) is 18.1 Å². The van der Waals surface area contributed by atoms with Crippen molar-refractivity contribution < 1.29 is 14.4 Å². The number of hydrogen-bond donors (Lipinski definition) is 3. The Morgan fingerprint density at radius 2 is 2.57 bits per heavy atom. The van der Waals surface area contributed by atoms with Gasteiger partial charge in [-0.25, -0.2) is 10.6 Å². The van der Waals surface area contributed by atoms with Gasteiger partial charge in [0, 0.05) is 6.07 Å². The van der Waals surface area contributed by atoms with Gasteiger partial charge in [-0.3, -0.25) is 10.3 Å². The largest absolute Gasteiger partial charge is 0.395 e. The van der Waals surface area contributed by atoms with Crippen molar-refractivity contribution in [2.45, 2.75) is 6.92 Å². The number of hydrogen-bond acceptors (Lipinski definition) is 5. The number of nitrogens with one attached hydrogen (secondary N) is 1. The van der Waals surface area contributed by atoms with Gasteiger partial charge < -0.3 is 9.63 Å². The molecule has 1 heterocycles. The van der Waals surface area contributed by atoms with Gasteiger partial charge >= 0.3 is 6.03 Å². The SMILES string of the molecule is Cc1cc(N(CCO)C(=O)NN)on1. The highest BCUT2D eigenvalue weighted by molar-refractivity contribution is 5.90. The third kappa shape index (κ3) is 2.21. The highest BCUT2D eigenvalue weighted by Crippen LogP contribution is 2.14. The molecule has 2 amide bonds. The van der Waals surface area contributed by atoms with Gasteiger partial charge in [0.25, 0.3) is 0 Å². The van der Waals surface area contributed by atoms with Gasteiger partial charge in [0.1, 0.15) is 0 Å². The summed E-state index contributed by atoms with van der Waals surface area (Å²) < 4.78 is 4.85. The van der Waals surface area contributed by atoms with Crippen LogP contribution in [0.25, 0.3) is 0 Å². The van der Waals surface area contributed by atoms with E-state index in [0.29, 0.717) is 5.69 Å². The molecule has 1 aromatic heterocycles. The predicted octanol–water partition coefficient (Wildman–Crippen LogP) is -0.635. The van der Waals surface area contributed by atoms with Crippen LogP contribution in [-0.2, 0) is 0 Å². The summed E-state index contributed by atoms with van der Waals surface area (Å²) in [7, 11) is 0. The Kier molecular flexibility index (Phi) is 3.43. The molecule has 0 bridgehead atoms. The summed E-state index contributed by atoms with van der Waals surface area (Å²) in [6.07, 6.45) is 0. The summed E-state index contributed by atoms with van der Waals surface area (Å²) in [5, 5.41) is 12.3. The summed E-state index contributed by atoms with van der Waals surface area (Å²) in [4.78, 5) is 12.4. The van der Waals surface area contributed by atoms with E-state index in [1.54, 1.807) is 13.0 Å². The zero-order chi connectivity index (χ0) is 10.6. The second-order valence-corrected chi connectivity index (χ2v) is 2.63. The molecule has 0 aliphatic heterocycles. The molecule has 0 fully saturated rings. The number of carbonyl (C=O) groups is 1. The summed E-state index contributed by atoms with van der Waals surface area (Å²) in [6, 6.07) is 1.01. The molecule has 0 atom stereocenters. The zero-order valence-corrected chi connectivity index (χ0v) is 7.73. The third-order valence-corrected chi connectivity index (χ3v) is 1.57. The first kappa shape index (κ1) is 10.5. The van der Waals surface area contributed by atoms with E-state index in [4.69, 9.17) is 15.5 Å². The number of aryl methyl sites for hydroxylation is 1. The fraction of sp³-hybridized carbons (Fsp3) is 0.429. The first-order chi connectivity index (χ1) is 6.69. The number of amides is 2. The van der Waals surface area contributed by atoms with E-state index < -0.39 is 6.03 Å². The smallest absolute Gasteiger partial charge is 0.338 e. The lowest BCUT2D eigenvalue weighted by atomic mass is 10.4. The molecule has 1 rings (SSSR count). The molecule has 1 aromatic rings. The van der Waals surface area contributed by atoms with E-state index in [0.717, 1.165) is 4.90 Å². The molecule has 0 aliphatic carbocycles. The maximum atomic E-state index is 11.2. The molecule has 4 N–H and O–H groups in total. The molecule has 0 aromatic carbocycles. The van der Waals surface area contributed by atoms with E-state index in [2.05, 4.69) is 5.16 Å². The first-order valence-corrected chi connectivity index (χ1v) is 4.01. The van der Waals surface area contributed by atoms with Crippen LogP contribution in [0.3, 0.4) is 0 Å². The summed E-state index contributed by atoms with van der Waals surface area (Å²) >= 11 is 0. The minimum Gasteiger partial charge on any atom is -0.395 e. The molecule has 0 saturated carbocycles. The number of urea groups is 1. The lowest BCUT2D eigenvalue weighted by Gasteiger charge is -2.16. The zero-order valence-electron chi connectivity index (χ0n) is 7.73. The fourth-order valence-electron chi connectivity index (χ4n) is 0.967. The number of carbonyl (C=O) groups excluding carboxylic acids is 1. The topological polar surface area (TPSA) is 105 Å². The Morgan fingerprint density at radius 3 is 3.00 bits per heavy atom. The molecule has 14 heavy (non-hydrogen) atoms. The molecule has 78 valence electrons. The number of anilines is 1. The second-order valence-electron chi connectivity index (χ2n) is 2.63. The van der Waals surface area contributed by atoms with Crippen LogP contribution in [0.2, 0.25) is 0 Å². The molecular formula is C7H12N4O3. The Morgan fingerprint density at radius 1 is 1.86 bits per heavy atom. The van der Waals surface area contributed by atoms with Crippen LogP contribution in [0.15, 0.2) is 10.6 Å². The van der Waals surface area contributed by atoms with Crippen LogP contribution in [0.5, 0.6) is 0 Å². The van der Waals surface area contributed by atoms with Crippen LogP contribution < -0.4 is 16.2 Å². The van der Waals surface area contributed by atoms with Gasteiger partial charge in [-0.2, -0.15) is 0 Å². The van der Waals surface area contributed by atoms with Crippen molar-refractivity contribution >= 4 is 11.9 Å². The minimum absolute atomic E-state index is 0.0949. The third-order valence-electron chi connectivity index (χ3n) is 1.57. The fourth-order valence-corrected chi connectivity index (χ4v) is 0.967. The highest BCUT2D eigenvalue weighted by atomic mass is 16.5. The van der Waals surface area contributed by atoms with Gasteiger partial charge in [0.2, 0.25) is 5.88 Å². The summed E-state index contributed by atoms with van der Waals surface area (Å²) in [5.41, 5.74) is 2.59. The number of aromatic nitrogens is 1. The van der Waals surface area contributed by atoms with Gasteiger partial charge in [-0.15, -0.1) is 0 Å². The van der Waals surface area contributed by atoms with E-state index in [1.165, 1.54) is 0 Å². The quantitative estimate of drug-likeness (QED) is 0.342. The van der Waals surface area contributed by atoms with Crippen LogP contribution in [0, 0.1) is 6.92 Å². The van der Waals surface area contributed by atoms with Crippen molar-refractivity contribution in [1.29, 1.82) is 0 Å². The average molecular weight is 200 g/mol. The van der Waals surface area contributed by atoms with Crippen LogP contribution in [0.4, 0.5) is 10.7 Å². The number of aliphatic hydroxyl groups excluding tert-OH is 1. The van der Waals surface area contributed by atoms with E-state index in [-0.39, 0.29) is 19.0 Å². The Balaban J connectivity index is 2.82. The molecule has 0 spiro atoms. The Bertz CT molecular complexity index is 312. The molecule has 0 saturated heterocycles. The van der Waals surface area contributed by atoms with Crippen molar-refractivity contribution in [3.63, 3.8) is 0 Å². The molecule has 0 radical (unpaired) electrons. The van der Waals surface area contributed by atoms with E-state index in [9.17, 15) is 4.79 Å². The number of rotatable bonds is 3. The van der Waals surface area contributed by atoms with Crippen molar-refractivity contribution in [3.05, 3.63) is 11.8 Å². The van der Waals surface area contributed by atoms with Gasteiger partial charge in [-0.1, -0.05) is 5.16 Å². The second kappa shape index (κ2) is 4.58. The highest BCUT2D eigenvalue weighted by Gasteiger charge is 2.17. The maximum absolute atomic E-state index is 11.2. The maximum Gasteiger partial charge on any atom is 0.338 e. The molecule has 7 heteroatoms. The number of aliphatic hydroxyl groups is 1. The van der Waals surface area contributed by atoms with Crippen molar-refractivity contribution in [2.24, 2.45) is 5.84 Å². The predicted molar refractivity (Wildman–Crippen MR) is 48.4 cm³/mol.